The van der Waals surface area contributed by atoms with Gasteiger partial charge < -0.3 is 4.90 Å². The van der Waals surface area contributed by atoms with E-state index in [1.807, 2.05) is 24.5 Å². The second kappa shape index (κ2) is 14.1. The highest BCUT2D eigenvalue weighted by atomic mass is 15.1. The van der Waals surface area contributed by atoms with Gasteiger partial charge in [-0.1, -0.05) is 157 Å². The predicted octanol–water partition coefficient (Wildman–Crippen LogP) is 13.7. The molecule has 2 heteroatoms. The maximum absolute atomic E-state index is 4.47. The Kier molecular flexibility index (Phi) is 8.32. The minimum atomic E-state index is -0.631. The van der Waals surface area contributed by atoms with Gasteiger partial charge in [-0.15, -0.1) is 0 Å². The number of anilines is 3. The van der Waals surface area contributed by atoms with Crippen molar-refractivity contribution in [1.82, 2.24) is 4.98 Å². The van der Waals surface area contributed by atoms with Crippen LogP contribution in [-0.2, 0) is 5.41 Å². The van der Waals surface area contributed by atoms with Crippen LogP contribution in [0.2, 0.25) is 0 Å². The molecule has 0 saturated heterocycles. The molecule has 2 aliphatic carbocycles. The van der Waals surface area contributed by atoms with Crippen LogP contribution in [0.5, 0.6) is 0 Å². The molecule has 2 nitrogen and oxygen atoms in total. The van der Waals surface area contributed by atoms with Crippen molar-refractivity contribution in [2.45, 2.75) is 5.41 Å². The first kappa shape index (κ1) is 33.1. The average Bonchev–Trinajstić information content (AvgIpc) is 3.58. The molecule has 0 amide bonds. The molecule has 0 fully saturated rings. The first-order valence-corrected chi connectivity index (χ1v) is 19.0. The van der Waals surface area contributed by atoms with Crippen molar-refractivity contribution >= 4 is 17.1 Å². The van der Waals surface area contributed by atoms with Gasteiger partial charge >= 0.3 is 0 Å². The lowest BCUT2D eigenvalue weighted by atomic mass is 9.66. The summed E-state index contributed by atoms with van der Waals surface area (Å²) in [5.41, 5.74) is 23.3. The van der Waals surface area contributed by atoms with E-state index in [2.05, 4.69) is 215 Å². The summed E-state index contributed by atoms with van der Waals surface area (Å²) in [6, 6.07) is 68.0. The SMILES string of the molecule is C1=C=CC(C2(c3ccccc3)c3cc(-c4cccnc4)ccc3-c3ccc(N(c4ccc(-c5ccccc5)cc4)c4ccccc4-c4ccccc4)cc32)=CC=1. The van der Waals surface area contributed by atoms with Gasteiger partial charge in [0.2, 0.25) is 0 Å². The van der Waals surface area contributed by atoms with Crippen LogP contribution < -0.4 is 4.90 Å². The highest BCUT2D eigenvalue weighted by Gasteiger charge is 2.47. The molecule has 0 N–H and O–H groups in total. The summed E-state index contributed by atoms with van der Waals surface area (Å²) in [6.07, 6.45) is 10.1. The summed E-state index contributed by atoms with van der Waals surface area (Å²) in [4.78, 5) is 6.89. The van der Waals surface area contributed by atoms with Crippen LogP contribution in [0.15, 0.2) is 236 Å². The molecule has 8 aromatic rings. The number of hydrogen-bond donors (Lipinski definition) is 0. The summed E-state index contributed by atoms with van der Waals surface area (Å²) in [7, 11) is 0. The van der Waals surface area contributed by atoms with Crippen LogP contribution in [0.4, 0.5) is 17.1 Å². The number of pyridine rings is 1. The van der Waals surface area contributed by atoms with Crippen LogP contribution in [-0.4, -0.2) is 4.98 Å². The van der Waals surface area contributed by atoms with E-state index in [-0.39, 0.29) is 0 Å². The van der Waals surface area contributed by atoms with Crippen LogP contribution >= 0.6 is 0 Å². The molecule has 56 heavy (non-hydrogen) atoms. The Balaban J connectivity index is 1.24. The van der Waals surface area contributed by atoms with E-state index in [0.717, 1.165) is 39.3 Å². The minimum absolute atomic E-state index is 0.631. The Hall–Kier alpha value is -7.47. The van der Waals surface area contributed by atoms with Gasteiger partial charge in [0.05, 0.1) is 11.1 Å². The van der Waals surface area contributed by atoms with E-state index in [9.17, 15) is 0 Å². The lowest BCUT2D eigenvalue weighted by Crippen LogP contribution is -2.29. The third-order valence-corrected chi connectivity index (χ3v) is 11.1. The zero-order chi connectivity index (χ0) is 37.3. The zero-order valence-electron chi connectivity index (χ0n) is 30.7. The van der Waals surface area contributed by atoms with Gasteiger partial charge in [0, 0.05) is 29.3 Å². The normalized spacial score (nSPS) is 14.9. The molecule has 10 rings (SSSR count). The fourth-order valence-corrected chi connectivity index (χ4v) is 8.61. The Morgan fingerprint density at radius 1 is 0.446 bits per heavy atom. The quantitative estimate of drug-likeness (QED) is 0.146. The highest BCUT2D eigenvalue weighted by Crippen LogP contribution is 2.58. The molecular formula is C54H36N2. The summed E-state index contributed by atoms with van der Waals surface area (Å²) >= 11 is 0. The van der Waals surface area contributed by atoms with E-state index in [4.69, 9.17) is 0 Å². The molecular weight excluding hydrogens is 677 g/mol. The standard InChI is InChI=1S/C54H36N2/c1-5-16-39(17-6-1)40-27-30-46(31-28-40)56(53-26-14-13-25-48(53)41-18-7-2-8-19-41)47-32-34-50-49-33-29-42(43-20-15-35-55-38-43)36-51(49)54(52(50)37-47,44-21-9-3-10-22-44)45-23-11-4-12-24-45/h1-3,5-11,13-38H. The Labute approximate surface area is 328 Å². The van der Waals surface area contributed by atoms with Crippen molar-refractivity contribution < 1.29 is 0 Å². The van der Waals surface area contributed by atoms with Crippen LogP contribution in [0, 0.1) is 0 Å². The fourth-order valence-electron chi connectivity index (χ4n) is 8.61. The fraction of sp³-hybridized carbons (Fsp3) is 0.0185. The van der Waals surface area contributed by atoms with Crippen molar-refractivity contribution in [3.8, 4) is 44.5 Å². The Morgan fingerprint density at radius 3 is 1.77 bits per heavy atom. The summed E-state index contributed by atoms with van der Waals surface area (Å²) in [5, 5.41) is 0. The number of fused-ring (bicyclic) bond motifs is 3. The first-order valence-electron chi connectivity index (χ1n) is 19.0. The molecule has 1 unspecified atom stereocenters. The summed E-state index contributed by atoms with van der Waals surface area (Å²) in [6.45, 7) is 0. The molecule has 0 bridgehead atoms. The number of allylic oxidation sites excluding steroid dienone is 4. The maximum atomic E-state index is 4.47. The van der Waals surface area contributed by atoms with Crippen molar-refractivity contribution in [2.75, 3.05) is 4.90 Å². The predicted molar refractivity (Wildman–Crippen MR) is 231 cm³/mol. The van der Waals surface area contributed by atoms with Gasteiger partial charge in [-0.05, 0) is 122 Å². The van der Waals surface area contributed by atoms with E-state index in [1.54, 1.807) is 0 Å². The molecule has 0 aliphatic heterocycles. The highest BCUT2D eigenvalue weighted by molar-refractivity contribution is 5.93. The average molecular weight is 713 g/mol. The molecule has 7 aromatic carbocycles. The van der Waals surface area contributed by atoms with Gasteiger partial charge in [0.15, 0.2) is 0 Å². The zero-order valence-corrected chi connectivity index (χ0v) is 30.7. The Bertz CT molecular complexity index is 2840. The largest absolute Gasteiger partial charge is 0.310 e. The lowest BCUT2D eigenvalue weighted by Gasteiger charge is -2.36. The molecule has 0 radical (unpaired) electrons. The number of benzene rings is 7. The smallest absolute Gasteiger partial charge is 0.0720 e. The third kappa shape index (κ3) is 5.58. The van der Waals surface area contributed by atoms with Crippen LogP contribution in [0.3, 0.4) is 0 Å². The topological polar surface area (TPSA) is 16.1 Å². The van der Waals surface area contributed by atoms with E-state index < -0.39 is 5.41 Å². The molecule has 262 valence electrons. The molecule has 0 spiro atoms. The number of para-hydroxylation sites is 1. The molecule has 1 aromatic heterocycles. The number of hydrogen-bond acceptors (Lipinski definition) is 2. The van der Waals surface area contributed by atoms with Gasteiger partial charge in [0.25, 0.3) is 0 Å². The minimum Gasteiger partial charge on any atom is -0.310 e. The van der Waals surface area contributed by atoms with E-state index in [1.165, 1.54) is 44.5 Å². The van der Waals surface area contributed by atoms with Gasteiger partial charge in [-0.25, -0.2) is 0 Å². The van der Waals surface area contributed by atoms with E-state index >= 15 is 0 Å². The maximum Gasteiger partial charge on any atom is 0.0720 e. The van der Waals surface area contributed by atoms with Gasteiger partial charge in [-0.3, -0.25) is 4.98 Å². The summed E-state index contributed by atoms with van der Waals surface area (Å²) < 4.78 is 0. The number of aromatic nitrogens is 1. The second-order valence-corrected chi connectivity index (χ2v) is 14.2. The lowest BCUT2D eigenvalue weighted by molar-refractivity contribution is 0.767. The Morgan fingerprint density at radius 2 is 1.05 bits per heavy atom. The monoisotopic (exact) mass is 712 g/mol. The number of nitrogens with zero attached hydrogens (tertiary/aromatic N) is 2. The molecule has 1 heterocycles. The summed E-state index contributed by atoms with van der Waals surface area (Å²) in [5.74, 6) is 0. The van der Waals surface area contributed by atoms with Gasteiger partial charge in [-0.2, -0.15) is 0 Å². The van der Waals surface area contributed by atoms with Crippen molar-refractivity contribution in [3.63, 3.8) is 0 Å². The van der Waals surface area contributed by atoms with Gasteiger partial charge in [0.1, 0.15) is 0 Å². The van der Waals surface area contributed by atoms with Crippen LogP contribution in [0.1, 0.15) is 16.7 Å². The van der Waals surface area contributed by atoms with Crippen molar-refractivity contribution in [2.24, 2.45) is 0 Å². The van der Waals surface area contributed by atoms with Crippen molar-refractivity contribution in [3.05, 3.63) is 252 Å². The number of rotatable bonds is 8. The molecule has 1 atom stereocenters. The first-order chi connectivity index (χ1) is 27.8. The van der Waals surface area contributed by atoms with Crippen LogP contribution in [0.25, 0.3) is 44.5 Å². The molecule has 2 aliphatic rings. The van der Waals surface area contributed by atoms with E-state index in [0.29, 0.717) is 0 Å². The van der Waals surface area contributed by atoms with Crippen molar-refractivity contribution in [1.29, 1.82) is 0 Å². The second-order valence-electron chi connectivity index (χ2n) is 14.2. The third-order valence-electron chi connectivity index (χ3n) is 11.1. The molecule has 0 saturated carbocycles.